The van der Waals surface area contributed by atoms with Gasteiger partial charge in [-0.2, -0.15) is 0 Å². The van der Waals surface area contributed by atoms with Crippen molar-refractivity contribution in [2.24, 2.45) is 0 Å². The van der Waals surface area contributed by atoms with Gasteiger partial charge in [0.1, 0.15) is 8.55 Å². The molecule has 0 aliphatic rings. The van der Waals surface area contributed by atoms with Crippen LogP contribution in [0, 0.1) is 0 Å². The minimum atomic E-state index is -3.64. The molecule has 19 heavy (non-hydrogen) atoms. The van der Waals surface area contributed by atoms with E-state index >= 15 is 0 Å². The van der Waals surface area contributed by atoms with Crippen molar-refractivity contribution in [3.8, 4) is 0 Å². The Morgan fingerprint density at radius 3 is 2.32 bits per heavy atom. The highest BCUT2D eigenvalue weighted by atomic mass is 35.5. The Labute approximate surface area is 130 Å². The number of benzene rings is 1. The molecular formula is C11H9Cl2NO2S3. The molecule has 0 amide bonds. The van der Waals surface area contributed by atoms with Crippen molar-refractivity contribution in [2.75, 3.05) is 11.0 Å². The quantitative estimate of drug-likeness (QED) is 0.818. The molecule has 2 rings (SSSR count). The van der Waals surface area contributed by atoms with Crippen LogP contribution < -0.4 is 4.72 Å². The van der Waals surface area contributed by atoms with Crippen LogP contribution in [-0.4, -0.2) is 14.7 Å². The lowest BCUT2D eigenvalue weighted by Crippen LogP contribution is -2.11. The minimum absolute atomic E-state index is 0.0939. The molecular weight excluding hydrogens is 345 g/mol. The number of hydrogen-bond acceptors (Lipinski definition) is 4. The van der Waals surface area contributed by atoms with E-state index in [0.717, 1.165) is 16.2 Å². The van der Waals surface area contributed by atoms with Crippen LogP contribution in [0.4, 0.5) is 5.69 Å². The van der Waals surface area contributed by atoms with Crippen LogP contribution in [0.5, 0.6) is 0 Å². The van der Waals surface area contributed by atoms with Gasteiger partial charge < -0.3 is 0 Å². The summed E-state index contributed by atoms with van der Waals surface area (Å²) in [6.07, 6.45) is 1.95. The van der Waals surface area contributed by atoms with Gasteiger partial charge in [0.2, 0.25) is 0 Å². The van der Waals surface area contributed by atoms with Gasteiger partial charge in [-0.05, 0) is 36.6 Å². The highest BCUT2D eigenvalue weighted by Gasteiger charge is 2.19. The first-order valence-corrected chi connectivity index (χ1v) is 9.32. The van der Waals surface area contributed by atoms with Crippen molar-refractivity contribution in [3.05, 3.63) is 39.7 Å². The standard InChI is InChI=1S/C11H9Cl2NO2S3/c1-17-8-4-2-7(3-5-8)14-19(15,16)10-6-9(12)11(13)18-10/h2-6,14H,1H3. The van der Waals surface area contributed by atoms with E-state index in [0.29, 0.717) is 5.69 Å². The molecule has 0 aliphatic carbocycles. The average molecular weight is 354 g/mol. The lowest BCUT2D eigenvalue weighted by Gasteiger charge is -2.06. The minimum Gasteiger partial charge on any atom is -0.279 e. The highest BCUT2D eigenvalue weighted by Crippen LogP contribution is 2.35. The molecule has 1 heterocycles. The van der Waals surface area contributed by atoms with Gasteiger partial charge in [-0.25, -0.2) is 8.42 Å². The van der Waals surface area contributed by atoms with E-state index in [2.05, 4.69) is 4.72 Å². The molecule has 0 spiro atoms. The first-order valence-electron chi connectivity index (χ1n) is 5.04. The molecule has 1 aromatic heterocycles. The van der Waals surface area contributed by atoms with Crippen LogP contribution in [0.15, 0.2) is 39.4 Å². The predicted octanol–water partition coefficient (Wildman–Crippen LogP) is 4.58. The van der Waals surface area contributed by atoms with E-state index < -0.39 is 10.0 Å². The van der Waals surface area contributed by atoms with Crippen LogP contribution in [0.1, 0.15) is 0 Å². The maximum atomic E-state index is 12.1. The molecule has 1 aromatic carbocycles. The molecule has 0 saturated carbocycles. The van der Waals surface area contributed by atoms with Crippen molar-refractivity contribution in [2.45, 2.75) is 9.10 Å². The third-order valence-corrected chi connectivity index (χ3v) is 6.69. The van der Waals surface area contributed by atoms with Gasteiger partial charge in [-0.1, -0.05) is 23.2 Å². The van der Waals surface area contributed by atoms with Crippen molar-refractivity contribution < 1.29 is 8.42 Å². The van der Waals surface area contributed by atoms with E-state index in [4.69, 9.17) is 23.2 Å². The van der Waals surface area contributed by atoms with Gasteiger partial charge in [0.25, 0.3) is 10.0 Å². The van der Waals surface area contributed by atoms with Crippen LogP contribution in [-0.2, 0) is 10.0 Å². The summed E-state index contributed by atoms with van der Waals surface area (Å²) < 4.78 is 27.0. The smallest absolute Gasteiger partial charge is 0.271 e. The summed E-state index contributed by atoms with van der Waals surface area (Å²) in [7, 11) is -3.64. The Balaban J connectivity index is 2.25. The van der Waals surface area contributed by atoms with Crippen LogP contribution >= 0.6 is 46.3 Å². The summed E-state index contributed by atoms with van der Waals surface area (Å²) in [5.41, 5.74) is 0.499. The summed E-state index contributed by atoms with van der Waals surface area (Å²) in [4.78, 5) is 1.06. The van der Waals surface area contributed by atoms with Crippen molar-refractivity contribution in [3.63, 3.8) is 0 Å². The van der Waals surface area contributed by atoms with Gasteiger partial charge in [0, 0.05) is 10.6 Å². The second kappa shape index (κ2) is 5.93. The zero-order chi connectivity index (χ0) is 14.0. The van der Waals surface area contributed by atoms with E-state index in [9.17, 15) is 8.42 Å². The van der Waals surface area contributed by atoms with Gasteiger partial charge in [-0.15, -0.1) is 23.1 Å². The second-order valence-corrected chi connectivity index (χ2v) is 8.37. The predicted molar refractivity (Wildman–Crippen MR) is 83.4 cm³/mol. The number of thiophene rings is 1. The van der Waals surface area contributed by atoms with Crippen LogP contribution in [0.25, 0.3) is 0 Å². The Hall–Kier alpha value is -0.400. The van der Waals surface area contributed by atoms with Crippen molar-refractivity contribution >= 4 is 62.0 Å². The number of nitrogens with one attached hydrogen (secondary N) is 1. The molecule has 0 saturated heterocycles. The fraction of sp³-hybridized carbons (Fsp3) is 0.0909. The number of sulfonamides is 1. The summed E-state index contributed by atoms with van der Waals surface area (Å²) in [6, 6.07) is 8.45. The van der Waals surface area contributed by atoms with Gasteiger partial charge >= 0.3 is 0 Å². The zero-order valence-corrected chi connectivity index (χ0v) is 13.6. The molecule has 8 heteroatoms. The fourth-order valence-corrected chi connectivity index (χ4v) is 4.67. The van der Waals surface area contributed by atoms with Gasteiger partial charge in [0.15, 0.2) is 0 Å². The molecule has 0 unspecified atom stereocenters. The average Bonchev–Trinajstić information content (AvgIpc) is 2.71. The van der Waals surface area contributed by atoms with E-state index in [1.165, 1.54) is 6.07 Å². The van der Waals surface area contributed by atoms with Crippen LogP contribution in [0.2, 0.25) is 9.36 Å². The Morgan fingerprint density at radius 1 is 1.21 bits per heavy atom. The van der Waals surface area contributed by atoms with E-state index in [-0.39, 0.29) is 13.6 Å². The summed E-state index contributed by atoms with van der Waals surface area (Å²) >= 11 is 14.0. The molecule has 0 aliphatic heterocycles. The van der Waals surface area contributed by atoms with Gasteiger partial charge in [-0.3, -0.25) is 4.72 Å². The normalized spacial score (nSPS) is 11.5. The lowest BCUT2D eigenvalue weighted by atomic mass is 10.3. The fourth-order valence-electron chi connectivity index (χ4n) is 1.32. The monoisotopic (exact) mass is 353 g/mol. The zero-order valence-electron chi connectivity index (χ0n) is 9.68. The van der Waals surface area contributed by atoms with Crippen molar-refractivity contribution in [1.82, 2.24) is 0 Å². The SMILES string of the molecule is CSc1ccc(NS(=O)(=O)c2cc(Cl)c(Cl)s2)cc1. The summed E-state index contributed by atoms with van der Waals surface area (Å²) in [5, 5.41) is 0.241. The molecule has 0 bridgehead atoms. The van der Waals surface area contributed by atoms with Crippen LogP contribution in [0.3, 0.4) is 0 Å². The first-order chi connectivity index (χ1) is 8.92. The number of anilines is 1. The summed E-state index contributed by atoms with van der Waals surface area (Å²) in [6.45, 7) is 0. The second-order valence-electron chi connectivity index (χ2n) is 3.52. The Kier molecular flexibility index (Phi) is 4.68. The Bertz CT molecular complexity index is 661. The molecule has 2 aromatic rings. The topological polar surface area (TPSA) is 46.2 Å². The third-order valence-electron chi connectivity index (χ3n) is 2.23. The van der Waals surface area contributed by atoms with E-state index in [1.807, 2.05) is 18.4 Å². The molecule has 102 valence electrons. The maximum absolute atomic E-state index is 12.1. The largest absolute Gasteiger partial charge is 0.279 e. The number of rotatable bonds is 4. The third kappa shape index (κ3) is 3.58. The Morgan fingerprint density at radius 2 is 1.84 bits per heavy atom. The van der Waals surface area contributed by atoms with E-state index in [1.54, 1.807) is 23.9 Å². The molecule has 0 fully saturated rings. The lowest BCUT2D eigenvalue weighted by molar-refractivity contribution is 0.603. The summed E-state index contributed by atoms with van der Waals surface area (Å²) in [5.74, 6) is 0. The van der Waals surface area contributed by atoms with Gasteiger partial charge in [0.05, 0.1) is 5.02 Å². The number of halogens is 2. The number of hydrogen-bond donors (Lipinski definition) is 1. The molecule has 3 nitrogen and oxygen atoms in total. The molecule has 0 atom stereocenters. The first kappa shape index (κ1) is 15.0. The highest BCUT2D eigenvalue weighted by molar-refractivity contribution is 7.98. The van der Waals surface area contributed by atoms with Crippen molar-refractivity contribution in [1.29, 1.82) is 0 Å². The number of thioether (sulfide) groups is 1. The molecule has 0 radical (unpaired) electrons. The maximum Gasteiger partial charge on any atom is 0.271 e. The molecule has 1 N–H and O–H groups in total.